The molecule has 1 rings (SSSR count). The number of carbonyl (C=O) groups excluding carboxylic acids is 2. The van der Waals surface area contributed by atoms with Crippen molar-refractivity contribution in [2.45, 2.75) is 31.6 Å². The summed E-state index contributed by atoms with van der Waals surface area (Å²) in [7, 11) is 0. The monoisotopic (exact) mass is 250 g/mol. The molecule has 0 amide bonds. The lowest BCUT2D eigenvalue weighted by Crippen LogP contribution is -2.10. The zero-order valence-corrected chi connectivity index (χ0v) is 11.1. The number of thioether (sulfide) groups is 1. The SMILES string of the molecule is CC(C)C(=O)CCC(=O)CSc1ccccc1. The summed E-state index contributed by atoms with van der Waals surface area (Å²) in [6.45, 7) is 3.73. The van der Waals surface area contributed by atoms with Crippen LogP contribution < -0.4 is 0 Å². The molecule has 92 valence electrons. The molecule has 0 aliphatic heterocycles. The number of benzene rings is 1. The van der Waals surface area contributed by atoms with E-state index in [4.69, 9.17) is 0 Å². The van der Waals surface area contributed by atoms with Crippen molar-refractivity contribution in [2.24, 2.45) is 5.92 Å². The molecule has 0 saturated carbocycles. The van der Waals surface area contributed by atoms with Crippen LogP contribution in [0, 0.1) is 5.92 Å². The van der Waals surface area contributed by atoms with Crippen molar-refractivity contribution < 1.29 is 9.59 Å². The highest BCUT2D eigenvalue weighted by molar-refractivity contribution is 8.00. The summed E-state index contributed by atoms with van der Waals surface area (Å²) >= 11 is 1.53. The summed E-state index contributed by atoms with van der Waals surface area (Å²) in [5, 5.41) is 0. The van der Waals surface area contributed by atoms with Crippen LogP contribution in [-0.4, -0.2) is 17.3 Å². The molecule has 1 aromatic carbocycles. The molecule has 0 saturated heterocycles. The molecule has 0 bridgehead atoms. The molecule has 0 N–H and O–H groups in total. The average Bonchev–Trinajstić information content (AvgIpc) is 2.34. The Kier molecular flexibility index (Phi) is 5.98. The highest BCUT2D eigenvalue weighted by atomic mass is 32.2. The summed E-state index contributed by atoms with van der Waals surface area (Å²) in [6, 6.07) is 9.83. The van der Waals surface area contributed by atoms with Gasteiger partial charge < -0.3 is 0 Å². The van der Waals surface area contributed by atoms with Gasteiger partial charge >= 0.3 is 0 Å². The first-order chi connectivity index (χ1) is 8.09. The fourth-order valence-electron chi connectivity index (χ4n) is 1.30. The van der Waals surface area contributed by atoms with E-state index in [-0.39, 0.29) is 17.5 Å². The first-order valence-electron chi connectivity index (χ1n) is 5.82. The van der Waals surface area contributed by atoms with Crippen LogP contribution in [0.5, 0.6) is 0 Å². The van der Waals surface area contributed by atoms with E-state index in [1.807, 2.05) is 44.2 Å². The summed E-state index contributed by atoms with van der Waals surface area (Å²) < 4.78 is 0. The largest absolute Gasteiger partial charge is 0.299 e. The zero-order valence-electron chi connectivity index (χ0n) is 10.3. The van der Waals surface area contributed by atoms with E-state index >= 15 is 0 Å². The maximum absolute atomic E-state index is 11.6. The molecule has 0 spiro atoms. The molecule has 0 aliphatic carbocycles. The normalized spacial score (nSPS) is 10.5. The Morgan fingerprint density at radius 2 is 1.76 bits per heavy atom. The molecule has 0 atom stereocenters. The minimum absolute atomic E-state index is 0.0320. The number of ketones is 2. The van der Waals surface area contributed by atoms with Gasteiger partial charge in [-0.1, -0.05) is 32.0 Å². The Morgan fingerprint density at radius 1 is 1.12 bits per heavy atom. The van der Waals surface area contributed by atoms with Gasteiger partial charge in [-0.05, 0) is 12.1 Å². The maximum atomic E-state index is 11.6. The Morgan fingerprint density at radius 3 is 2.35 bits per heavy atom. The summed E-state index contributed by atoms with van der Waals surface area (Å²) in [6.07, 6.45) is 0.753. The standard InChI is InChI=1S/C14H18O2S/c1-11(2)14(16)9-8-12(15)10-17-13-6-4-3-5-7-13/h3-7,11H,8-10H2,1-2H3. The van der Waals surface area contributed by atoms with Crippen molar-refractivity contribution in [3.05, 3.63) is 30.3 Å². The van der Waals surface area contributed by atoms with Gasteiger partial charge in [0.25, 0.3) is 0 Å². The van der Waals surface area contributed by atoms with Gasteiger partial charge in [-0.15, -0.1) is 11.8 Å². The van der Waals surface area contributed by atoms with Crippen molar-refractivity contribution in [1.82, 2.24) is 0 Å². The fraction of sp³-hybridized carbons (Fsp3) is 0.429. The van der Waals surface area contributed by atoms with Crippen LogP contribution in [0.3, 0.4) is 0 Å². The van der Waals surface area contributed by atoms with Crippen molar-refractivity contribution in [3.8, 4) is 0 Å². The van der Waals surface area contributed by atoms with Crippen molar-refractivity contribution in [1.29, 1.82) is 0 Å². The lowest BCUT2D eigenvalue weighted by molar-refractivity contribution is -0.125. The van der Waals surface area contributed by atoms with Gasteiger partial charge in [-0.2, -0.15) is 0 Å². The van der Waals surface area contributed by atoms with Gasteiger partial charge in [0.05, 0.1) is 5.75 Å². The van der Waals surface area contributed by atoms with E-state index in [9.17, 15) is 9.59 Å². The summed E-state index contributed by atoms with van der Waals surface area (Å²) in [5.74, 6) is 0.801. The third-order valence-corrected chi connectivity index (χ3v) is 3.51. The van der Waals surface area contributed by atoms with Gasteiger partial charge in [0.2, 0.25) is 0 Å². The quantitative estimate of drug-likeness (QED) is 0.696. The van der Waals surface area contributed by atoms with Gasteiger partial charge in [-0.25, -0.2) is 0 Å². The molecule has 0 unspecified atom stereocenters. The molecule has 0 aromatic heterocycles. The highest BCUT2D eigenvalue weighted by Gasteiger charge is 2.10. The molecular formula is C14H18O2S. The number of hydrogen-bond acceptors (Lipinski definition) is 3. The number of Topliss-reactive ketones (excluding diaryl/α,β-unsaturated/α-hetero) is 2. The lowest BCUT2D eigenvalue weighted by atomic mass is 10.0. The Labute approximate surface area is 107 Å². The lowest BCUT2D eigenvalue weighted by Gasteiger charge is -2.03. The molecule has 0 heterocycles. The van der Waals surface area contributed by atoms with Crippen LogP contribution in [0.15, 0.2) is 35.2 Å². The van der Waals surface area contributed by atoms with Crippen LogP contribution in [0.4, 0.5) is 0 Å². The van der Waals surface area contributed by atoms with Gasteiger partial charge in [0, 0.05) is 23.7 Å². The molecule has 2 nitrogen and oxygen atoms in total. The minimum Gasteiger partial charge on any atom is -0.299 e. The molecule has 17 heavy (non-hydrogen) atoms. The molecule has 0 aliphatic rings. The Hall–Kier alpha value is -1.09. The predicted molar refractivity (Wildman–Crippen MR) is 71.3 cm³/mol. The van der Waals surface area contributed by atoms with E-state index in [0.717, 1.165) is 4.90 Å². The molecular weight excluding hydrogens is 232 g/mol. The number of carbonyl (C=O) groups is 2. The van der Waals surface area contributed by atoms with Crippen LogP contribution in [0.25, 0.3) is 0 Å². The van der Waals surface area contributed by atoms with Gasteiger partial charge in [-0.3, -0.25) is 9.59 Å². The van der Waals surface area contributed by atoms with Crippen molar-refractivity contribution in [3.63, 3.8) is 0 Å². The van der Waals surface area contributed by atoms with E-state index in [1.54, 1.807) is 0 Å². The van der Waals surface area contributed by atoms with Gasteiger partial charge in [0.1, 0.15) is 11.6 Å². The van der Waals surface area contributed by atoms with Crippen LogP contribution in [0.2, 0.25) is 0 Å². The zero-order chi connectivity index (χ0) is 12.7. The number of rotatable bonds is 7. The van der Waals surface area contributed by atoms with Crippen LogP contribution >= 0.6 is 11.8 Å². The molecule has 1 aromatic rings. The van der Waals surface area contributed by atoms with Crippen molar-refractivity contribution >= 4 is 23.3 Å². The topological polar surface area (TPSA) is 34.1 Å². The Balaban J connectivity index is 2.24. The second-order valence-corrected chi connectivity index (χ2v) is 5.31. The molecule has 0 fully saturated rings. The maximum Gasteiger partial charge on any atom is 0.143 e. The minimum atomic E-state index is 0.0320. The van der Waals surface area contributed by atoms with E-state index in [0.29, 0.717) is 18.6 Å². The van der Waals surface area contributed by atoms with Gasteiger partial charge in [0.15, 0.2) is 0 Å². The Bertz CT molecular complexity index is 371. The highest BCUT2D eigenvalue weighted by Crippen LogP contribution is 2.17. The van der Waals surface area contributed by atoms with E-state index < -0.39 is 0 Å². The average molecular weight is 250 g/mol. The first kappa shape index (κ1) is 14.0. The van der Waals surface area contributed by atoms with Crippen LogP contribution in [-0.2, 0) is 9.59 Å². The van der Waals surface area contributed by atoms with E-state index in [2.05, 4.69) is 0 Å². The van der Waals surface area contributed by atoms with E-state index in [1.165, 1.54) is 11.8 Å². The summed E-state index contributed by atoms with van der Waals surface area (Å²) in [5.41, 5.74) is 0. The van der Waals surface area contributed by atoms with Crippen molar-refractivity contribution in [2.75, 3.05) is 5.75 Å². The third kappa shape index (κ3) is 5.68. The number of hydrogen-bond donors (Lipinski definition) is 0. The smallest absolute Gasteiger partial charge is 0.143 e. The molecule has 0 radical (unpaired) electrons. The second kappa shape index (κ2) is 7.28. The molecule has 3 heteroatoms. The predicted octanol–water partition coefficient (Wildman–Crippen LogP) is 3.35. The van der Waals surface area contributed by atoms with Crippen LogP contribution in [0.1, 0.15) is 26.7 Å². The second-order valence-electron chi connectivity index (χ2n) is 4.26. The first-order valence-corrected chi connectivity index (χ1v) is 6.80. The third-order valence-electron chi connectivity index (χ3n) is 2.44. The fourth-order valence-corrected chi connectivity index (χ4v) is 2.13. The summed E-state index contributed by atoms with van der Waals surface area (Å²) in [4.78, 5) is 24.0.